The largest absolute Gasteiger partial charge is 0.465 e. The monoisotopic (exact) mass is 273 g/mol. The van der Waals surface area contributed by atoms with Gasteiger partial charge in [-0.1, -0.05) is 17.7 Å². The van der Waals surface area contributed by atoms with Crippen molar-refractivity contribution >= 4 is 15.9 Å². The van der Waals surface area contributed by atoms with Crippen molar-refractivity contribution in [3.8, 4) is 6.07 Å². The smallest absolute Gasteiger partial charge is 0.216 e. The van der Waals surface area contributed by atoms with Crippen LogP contribution in [0.4, 0.5) is 0 Å². The van der Waals surface area contributed by atoms with Gasteiger partial charge in [0.05, 0.1) is 11.2 Å². The molecule has 0 atom stereocenters. The van der Waals surface area contributed by atoms with Crippen LogP contribution in [0.2, 0.25) is 0 Å². The Kier molecular flexibility index (Phi) is 3.54. The first-order chi connectivity index (χ1) is 9.04. The van der Waals surface area contributed by atoms with Crippen LogP contribution in [0.3, 0.4) is 0 Å². The number of hydrogen-bond acceptors (Lipinski definition) is 4. The summed E-state index contributed by atoms with van der Waals surface area (Å²) in [6.07, 6.45) is 2.63. The summed E-state index contributed by atoms with van der Waals surface area (Å²) in [5.74, 6) is 0.326. The van der Waals surface area contributed by atoms with E-state index in [-0.39, 0.29) is 9.80 Å². The molecule has 0 saturated heterocycles. The second kappa shape index (κ2) is 5.12. The first kappa shape index (κ1) is 13.1. The minimum absolute atomic E-state index is 0.0949. The molecule has 0 spiro atoms. The number of hydrogen-bond donors (Lipinski definition) is 0. The van der Waals surface area contributed by atoms with Crippen molar-refractivity contribution in [3.05, 3.63) is 58.9 Å². The topological polar surface area (TPSA) is 71.1 Å². The van der Waals surface area contributed by atoms with Crippen molar-refractivity contribution in [1.29, 1.82) is 5.26 Å². The van der Waals surface area contributed by atoms with E-state index in [1.807, 2.05) is 6.92 Å². The van der Waals surface area contributed by atoms with Crippen LogP contribution >= 0.6 is 0 Å². The first-order valence-corrected chi connectivity index (χ1v) is 6.99. The van der Waals surface area contributed by atoms with E-state index in [4.69, 9.17) is 9.68 Å². The molecule has 2 rings (SSSR count). The maximum Gasteiger partial charge on any atom is 0.216 e. The predicted octanol–water partition coefficient (Wildman–Crippen LogP) is 2.93. The SMILES string of the molecule is Cc1ccc(S(=O)(=O)/C(C#N)=C/c2ccco2)cc1. The van der Waals surface area contributed by atoms with Crippen molar-refractivity contribution in [2.24, 2.45) is 0 Å². The molecule has 1 aromatic carbocycles. The first-order valence-electron chi connectivity index (χ1n) is 5.51. The van der Waals surface area contributed by atoms with E-state index < -0.39 is 9.84 Å². The van der Waals surface area contributed by atoms with Gasteiger partial charge >= 0.3 is 0 Å². The Bertz CT molecular complexity index is 733. The lowest BCUT2D eigenvalue weighted by Crippen LogP contribution is -2.03. The van der Waals surface area contributed by atoms with Crippen molar-refractivity contribution in [1.82, 2.24) is 0 Å². The number of sulfone groups is 1. The van der Waals surface area contributed by atoms with Gasteiger partial charge < -0.3 is 4.42 Å². The molecule has 0 saturated carbocycles. The second-order valence-electron chi connectivity index (χ2n) is 3.95. The van der Waals surface area contributed by atoms with Crippen molar-refractivity contribution in [2.75, 3.05) is 0 Å². The molecular formula is C14H11NO3S. The Hall–Kier alpha value is -2.32. The van der Waals surface area contributed by atoms with Gasteiger partial charge in [-0.2, -0.15) is 5.26 Å². The maximum absolute atomic E-state index is 12.3. The molecule has 4 nitrogen and oxygen atoms in total. The number of benzene rings is 1. The van der Waals surface area contributed by atoms with E-state index in [0.717, 1.165) is 5.56 Å². The Morgan fingerprint density at radius 1 is 1.26 bits per heavy atom. The van der Waals surface area contributed by atoms with E-state index >= 15 is 0 Å². The highest BCUT2D eigenvalue weighted by molar-refractivity contribution is 7.95. The molecule has 1 heterocycles. The van der Waals surface area contributed by atoms with E-state index in [1.165, 1.54) is 24.5 Å². The highest BCUT2D eigenvalue weighted by atomic mass is 32.2. The fourth-order valence-corrected chi connectivity index (χ4v) is 2.66. The van der Waals surface area contributed by atoms with Gasteiger partial charge in [0.2, 0.25) is 9.84 Å². The van der Waals surface area contributed by atoms with Crippen molar-refractivity contribution in [3.63, 3.8) is 0 Å². The van der Waals surface area contributed by atoms with Gasteiger partial charge in [0.25, 0.3) is 0 Å². The summed E-state index contributed by atoms with van der Waals surface area (Å²) in [4.78, 5) is -0.247. The van der Waals surface area contributed by atoms with Gasteiger partial charge in [0.1, 0.15) is 11.8 Å². The van der Waals surface area contributed by atoms with Gasteiger partial charge in [-0.3, -0.25) is 0 Å². The van der Waals surface area contributed by atoms with E-state index in [1.54, 1.807) is 30.3 Å². The molecular weight excluding hydrogens is 262 g/mol. The molecule has 0 aliphatic rings. The number of nitriles is 1. The summed E-state index contributed by atoms with van der Waals surface area (Å²) < 4.78 is 29.6. The summed E-state index contributed by atoms with van der Waals surface area (Å²) in [5.41, 5.74) is 0.951. The fraction of sp³-hybridized carbons (Fsp3) is 0.0714. The predicted molar refractivity (Wildman–Crippen MR) is 70.7 cm³/mol. The zero-order valence-electron chi connectivity index (χ0n) is 10.2. The lowest BCUT2D eigenvalue weighted by atomic mass is 10.2. The highest BCUT2D eigenvalue weighted by Crippen LogP contribution is 2.21. The minimum Gasteiger partial charge on any atom is -0.465 e. The molecule has 19 heavy (non-hydrogen) atoms. The Morgan fingerprint density at radius 2 is 1.95 bits per heavy atom. The summed E-state index contributed by atoms with van der Waals surface area (Å²) in [5, 5.41) is 9.04. The average Bonchev–Trinajstić information content (AvgIpc) is 2.89. The normalized spacial score (nSPS) is 12.1. The van der Waals surface area contributed by atoms with Crippen molar-refractivity contribution < 1.29 is 12.8 Å². The Balaban J connectivity index is 2.49. The molecule has 0 fully saturated rings. The van der Waals surface area contributed by atoms with Gasteiger partial charge in [-0.25, -0.2) is 8.42 Å². The average molecular weight is 273 g/mol. The van der Waals surface area contributed by atoms with E-state index in [0.29, 0.717) is 5.76 Å². The Morgan fingerprint density at radius 3 is 2.47 bits per heavy atom. The van der Waals surface area contributed by atoms with Crippen LogP contribution in [0.5, 0.6) is 0 Å². The Labute approximate surface area is 111 Å². The lowest BCUT2D eigenvalue weighted by molar-refractivity contribution is 0.556. The maximum atomic E-state index is 12.3. The summed E-state index contributed by atoms with van der Waals surface area (Å²) in [7, 11) is -3.80. The number of allylic oxidation sites excluding steroid dienone is 1. The summed E-state index contributed by atoms with van der Waals surface area (Å²) >= 11 is 0. The van der Waals surface area contributed by atoms with E-state index in [9.17, 15) is 8.42 Å². The number of rotatable bonds is 3. The molecule has 96 valence electrons. The van der Waals surface area contributed by atoms with Gasteiger partial charge in [0, 0.05) is 6.08 Å². The van der Waals surface area contributed by atoms with E-state index in [2.05, 4.69) is 0 Å². The summed E-state index contributed by atoms with van der Waals surface area (Å²) in [6.45, 7) is 1.86. The molecule has 2 aromatic rings. The minimum atomic E-state index is -3.80. The van der Waals surface area contributed by atoms with Crippen LogP contribution in [-0.2, 0) is 9.84 Å². The van der Waals surface area contributed by atoms with Gasteiger partial charge in [-0.15, -0.1) is 0 Å². The third-order valence-electron chi connectivity index (χ3n) is 2.55. The van der Waals surface area contributed by atoms with Crippen LogP contribution in [0.1, 0.15) is 11.3 Å². The highest BCUT2D eigenvalue weighted by Gasteiger charge is 2.20. The number of nitrogens with zero attached hydrogens (tertiary/aromatic N) is 1. The second-order valence-corrected chi connectivity index (χ2v) is 5.87. The zero-order valence-corrected chi connectivity index (χ0v) is 11.0. The molecule has 0 amide bonds. The molecule has 0 radical (unpaired) electrons. The van der Waals surface area contributed by atoms with Gasteiger partial charge in [-0.05, 0) is 31.2 Å². The van der Waals surface area contributed by atoms with Crippen LogP contribution < -0.4 is 0 Å². The number of aryl methyl sites for hydroxylation is 1. The molecule has 5 heteroatoms. The van der Waals surface area contributed by atoms with Crippen LogP contribution in [-0.4, -0.2) is 8.42 Å². The summed E-state index contributed by atoms with van der Waals surface area (Å²) in [6, 6.07) is 11.3. The molecule has 0 aliphatic carbocycles. The third-order valence-corrected chi connectivity index (χ3v) is 4.23. The fourth-order valence-electron chi connectivity index (χ4n) is 1.52. The van der Waals surface area contributed by atoms with Gasteiger partial charge in [0.15, 0.2) is 4.91 Å². The molecule has 0 bridgehead atoms. The third kappa shape index (κ3) is 2.75. The molecule has 0 N–H and O–H groups in total. The standard InChI is InChI=1S/C14H11NO3S/c1-11-4-6-13(7-5-11)19(16,17)14(10-15)9-12-3-2-8-18-12/h2-9H,1H3/b14-9+. The lowest BCUT2D eigenvalue weighted by Gasteiger charge is -2.02. The molecule has 0 aliphatic heterocycles. The molecule has 0 unspecified atom stereocenters. The zero-order chi connectivity index (χ0) is 13.9. The molecule has 1 aromatic heterocycles. The van der Waals surface area contributed by atoms with Crippen LogP contribution in [0.15, 0.2) is 56.9 Å². The van der Waals surface area contributed by atoms with Crippen LogP contribution in [0, 0.1) is 18.3 Å². The quantitative estimate of drug-likeness (QED) is 0.806. The van der Waals surface area contributed by atoms with Crippen molar-refractivity contribution in [2.45, 2.75) is 11.8 Å². The van der Waals surface area contributed by atoms with Crippen LogP contribution in [0.25, 0.3) is 6.08 Å². The number of furan rings is 1.